The van der Waals surface area contributed by atoms with Gasteiger partial charge in [-0.25, -0.2) is 4.98 Å². The zero-order valence-electron chi connectivity index (χ0n) is 14.0. The number of hydrogen-bond donors (Lipinski definition) is 1. The van der Waals surface area contributed by atoms with Gasteiger partial charge in [0.25, 0.3) is 5.91 Å². The van der Waals surface area contributed by atoms with Crippen LogP contribution in [0.15, 0.2) is 42.9 Å². The van der Waals surface area contributed by atoms with Crippen LogP contribution >= 0.6 is 0 Å². The van der Waals surface area contributed by atoms with Gasteiger partial charge in [-0.3, -0.25) is 9.78 Å². The maximum Gasteiger partial charge on any atom is 0.272 e. The first kappa shape index (κ1) is 16.4. The average Bonchev–Trinajstić information content (AvgIpc) is 2.67. The van der Waals surface area contributed by atoms with Crippen LogP contribution < -0.4 is 5.32 Å². The van der Waals surface area contributed by atoms with Crippen LogP contribution in [-0.4, -0.2) is 58.4 Å². The molecule has 6 nitrogen and oxygen atoms in total. The number of carbonyl (C=O) groups is 1. The van der Waals surface area contributed by atoms with Crippen molar-refractivity contribution in [1.29, 1.82) is 0 Å². The zero-order chi connectivity index (χ0) is 16.8. The molecule has 1 amide bonds. The monoisotopic (exact) mass is 325 g/mol. The molecular weight excluding hydrogens is 302 g/mol. The van der Waals surface area contributed by atoms with E-state index in [2.05, 4.69) is 27.1 Å². The third-order valence-electron chi connectivity index (χ3n) is 4.31. The van der Waals surface area contributed by atoms with E-state index < -0.39 is 0 Å². The second kappa shape index (κ2) is 7.88. The summed E-state index contributed by atoms with van der Waals surface area (Å²) in [6.07, 6.45) is 5.30. The number of anilines is 1. The summed E-state index contributed by atoms with van der Waals surface area (Å²) in [5, 5.41) is 3.29. The van der Waals surface area contributed by atoms with Crippen LogP contribution in [-0.2, 0) is 6.54 Å². The minimum absolute atomic E-state index is 0.0181. The number of aromatic nitrogens is 2. The summed E-state index contributed by atoms with van der Waals surface area (Å²) >= 11 is 0. The van der Waals surface area contributed by atoms with Crippen molar-refractivity contribution in [3.63, 3.8) is 0 Å². The molecular formula is C18H23N5O. The second-order valence-electron chi connectivity index (χ2n) is 5.87. The summed E-state index contributed by atoms with van der Waals surface area (Å²) in [6, 6.07) is 7.62. The van der Waals surface area contributed by atoms with E-state index in [0.29, 0.717) is 12.2 Å². The van der Waals surface area contributed by atoms with E-state index in [0.717, 1.165) is 44.0 Å². The Labute approximate surface area is 142 Å². The third-order valence-corrected chi connectivity index (χ3v) is 4.31. The standard InChI is InChI=1S/C18H23N5O/c1-2-22-8-10-23(11-9-22)18(24)17-6-5-16(14-21-17)20-13-15-4-3-7-19-12-15/h3-7,12,14,20H,2,8-11,13H2,1H3. The van der Waals surface area contributed by atoms with Crippen molar-refractivity contribution in [1.82, 2.24) is 19.8 Å². The van der Waals surface area contributed by atoms with E-state index in [9.17, 15) is 4.79 Å². The van der Waals surface area contributed by atoms with E-state index in [4.69, 9.17) is 0 Å². The first-order valence-electron chi connectivity index (χ1n) is 8.36. The van der Waals surface area contributed by atoms with E-state index in [1.54, 1.807) is 18.5 Å². The molecule has 0 unspecified atom stereocenters. The van der Waals surface area contributed by atoms with Gasteiger partial charge in [-0.05, 0) is 30.3 Å². The SMILES string of the molecule is CCN1CCN(C(=O)c2ccc(NCc3cccnc3)cn2)CC1. The minimum atomic E-state index is 0.0181. The van der Waals surface area contributed by atoms with Gasteiger partial charge in [0.1, 0.15) is 5.69 Å². The van der Waals surface area contributed by atoms with Crippen LogP contribution in [0.4, 0.5) is 5.69 Å². The Bertz CT molecular complexity index is 651. The lowest BCUT2D eigenvalue weighted by molar-refractivity contribution is 0.0637. The largest absolute Gasteiger partial charge is 0.380 e. The topological polar surface area (TPSA) is 61.4 Å². The van der Waals surface area contributed by atoms with Crippen molar-refractivity contribution in [3.8, 4) is 0 Å². The Morgan fingerprint density at radius 1 is 1.17 bits per heavy atom. The molecule has 0 aliphatic carbocycles. The quantitative estimate of drug-likeness (QED) is 0.909. The predicted octanol–water partition coefficient (Wildman–Crippen LogP) is 1.87. The molecule has 0 atom stereocenters. The van der Waals surface area contributed by atoms with Gasteiger partial charge in [0.15, 0.2) is 0 Å². The van der Waals surface area contributed by atoms with Crippen molar-refractivity contribution >= 4 is 11.6 Å². The highest BCUT2D eigenvalue weighted by Gasteiger charge is 2.21. The van der Waals surface area contributed by atoms with Gasteiger partial charge in [0.2, 0.25) is 0 Å². The van der Waals surface area contributed by atoms with Gasteiger partial charge in [0.05, 0.1) is 11.9 Å². The average molecular weight is 325 g/mol. The predicted molar refractivity (Wildman–Crippen MR) is 93.8 cm³/mol. The molecule has 0 spiro atoms. The second-order valence-corrected chi connectivity index (χ2v) is 5.87. The number of nitrogens with zero attached hydrogens (tertiary/aromatic N) is 4. The molecule has 3 heterocycles. The summed E-state index contributed by atoms with van der Waals surface area (Å²) in [4.78, 5) is 25.1. The van der Waals surface area contributed by atoms with Crippen molar-refractivity contribution in [3.05, 3.63) is 54.1 Å². The molecule has 0 saturated carbocycles. The number of pyridine rings is 2. The van der Waals surface area contributed by atoms with E-state index >= 15 is 0 Å². The van der Waals surface area contributed by atoms with Gasteiger partial charge in [0, 0.05) is 45.1 Å². The van der Waals surface area contributed by atoms with Crippen LogP contribution in [0.2, 0.25) is 0 Å². The molecule has 0 aromatic carbocycles. The van der Waals surface area contributed by atoms with Gasteiger partial charge >= 0.3 is 0 Å². The van der Waals surface area contributed by atoms with E-state index in [1.165, 1.54) is 0 Å². The van der Waals surface area contributed by atoms with Gasteiger partial charge in [-0.2, -0.15) is 0 Å². The molecule has 1 fully saturated rings. The van der Waals surface area contributed by atoms with E-state index in [-0.39, 0.29) is 5.91 Å². The fraction of sp³-hybridized carbons (Fsp3) is 0.389. The van der Waals surface area contributed by atoms with Crippen molar-refractivity contribution in [2.75, 3.05) is 38.0 Å². The first-order chi connectivity index (χ1) is 11.8. The molecule has 1 saturated heterocycles. The zero-order valence-corrected chi connectivity index (χ0v) is 14.0. The molecule has 126 valence electrons. The third kappa shape index (κ3) is 4.08. The van der Waals surface area contributed by atoms with Crippen LogP contribution in [0, 0.1) is 0 Å². The lowest BCUT2D eigenvalue weighted by Gasteiger charge is -2.33. The molecule has 6 heteroatoms. The number of piperazine rings is 1. The fourth-order valence-corrected chi connectivity index (χ4v) is 2.76. The highest BCUT2D eigenvalue weighted by Crippen LogP contribution is 2.11. The summed E-state index contributed by atoms with van der Waals surface area (Å²) in [5.74, 6) is 0.0181. The number of nitrogens with one attached hydrogen (secondary N) is 1. The number of carbonyl (C=O) groups excluding carboxylic acids is 1. The maximum absolute atomic E-state index is 12.5. The summed E-state index contributed by atoms with van der Waals surface area (Å²) in [5.41, 5.74) is 2.50. The smallest absolute Gasteiger partial charge is 0.272 e. The molecule has 0 radical (unpaired) electrons. The normalized spacial score (nSPS) is 15.3. The Kier molecular flexibility index (Phi) is 5.38. The molecule has 2 aromatic rings. The lowest BCUT2D eigenvalue weighted by atomic mass is 10.2. The van der Waals surface area contributed by atoms with Crippen molar-refractivity contribution < 1.29 is 4.79 Å². The number of hydrogen-bond acceptors (Lipinski definition) is 5. The number of amides is 1. The summed E-state index contributed by atoms with van der Waals surface area (Å²) in [6.45, 7) is 7.29. The highest BCUT2D eigenvalue weighted by atomic mass is 16.2. The molecule has 2 aromatic heterocycles. The van der Waals surface area contributed by atoms with Crippen molar-refractivity contribution in [2.45, 2.75) is 13.5 Å². The summed E-state index contributed by atoms with van der Waals surface area (Å²) < 4.78 is 0. The fourth-order valence-electron chi connectivity index (χ4n) is 2.76. The highest BCUT2D eigenvalue weighted by molar-refractivity contribution is 5.92. The van der Waals surface area contributed by atoms with Crippen molar-refractivity contribution in [2.24, 2.45) is 0 Å². The minimum Gasteiger partial charge on any atom is -0.380 e. The molecule has 24 heavy (non-hydrogen) atoms. The molecule has 1 aliphatic heterocycles. The summed E-state index contributed by atoms with van der Waals surface area (Å²) in [7, 11) is 0. The molecule has 3 rings (SSSR count). The molecule has 1 N–H and O–H groups in total. The molecule has 0 bridgehead atoms. The Morgan fingerprint density at radius 2 is 2.00 bits per heavy atom. The van der Waals surface area contributed by atoms with E-state index in [1.807, 2.05) is 29.3 Å². The lowest BCUT2D eigenvalue weighted by Crippen LogP contribution is -2.48. The van der Waals surface area contributed by atoms with Crippen LogP contribution in [0.25, 0.3) is 0 Å². The Hall–Kier alpha value is -2.47. The Balaban J connectivity index is 1.55. The van der Waals surface area contributed by atoms with Gasteiger partial charge < -0.3 is 15.1 Å². The van der Waals surface area contributed by atoms with Gasteiger partial charge in [-0.1, -0.05) is 13.0 Å². The van der Waals surface area contributed by atoms with Crippen LogP contribution in [0.3, 0.4) is 0 Å². The number of likely N-dealkylation sites (N-methyl/N-ethyl adjacent to an activating group) is 1. The Morgan fingerprint density at radius 3 is 2.62 bits per heavy atom. The van der Waals surface area contributed by atoms with Crippen LogP contribution in [0.1, 0.15) is 23.0 Å². The van der Waals surface area contributed by atoms with Crippen LogP contribution in [0.5, 0.6) is 0 Å². The van der Waals surface area contributed by atoms with Gasteiger partial charge in [-0.15, -0.1) is 0 Å². The molecule has 1 aliphatic rings. The maximum atomic E-state index is 12.5. The first-order valence-corrected chi connectivity index (χ1v) is 8.36. The number of rotatable bonds is 5.